The Morgan fingerprint density at radius 1 is 1.47 bits per heavy atom. The lowest BCUT2D eigenvalue weighted by Gasteiger charge is -2.06. The second kappa shape index (κ2) is 8.08. The Hall–Kier alpha value is -1.07. The first-order valence-electron chi connectivity index (χ1n) is 5.87. The van der Waals surface area contributed by atoms with Gasteiger partial charge in [0.25, 0.3) is 0 Å². The number of carbonyl (C=O) groups is 1. The minimum atomic E-state index is 0.0370. The van der Waals surface area contributed by atoms with Gasteiger partial charge in [-0.2, -0.15) is 5.10 Å². The van der Waals surface area contributed by atoms with Crippen molar-refractivity contribution in [2.75, 3.05) is 19.6 Å². The van der Waals surface area contributed by atoms with E-state index in [1.54, 1.807) is 17.1 Å². The molecular formula is C11H19ClN4O. The van der Waals surface area contributed by atoms with Crippen LogP contribution in [0.15, 0.2) is 12.4 Å². The Bertz CT molecular complexity index is 340. The van der Waals surface area contributed by atoms with Crippen molar-refractivity contribution in [2.45, 2.75) is 26.3 Å². The zero-order valence-corrected chi connectivity index (χ0v) is 10.8. The topological polar surface area (TPSA) is 58.9 Å². The fourth-order valence-electron chi connectivity index (χ4n) is 1.36. The molecule has 17 heavy (non-hydrogen) atoms. The van der Waals surface area contributed by atoms with E-state index in [1.165, 1.54) is 0 Å². The zero-order chi connectivity index (χ0) is 12.5. The van der Waals surface area contributed by atoms with Crippen molar-refractivity contribution in [1.29, 1.82) is 0 Å². The van der Waals surface area contributed by atoms with Gasteiger partial charge in [-0.1, -0.05) is 18.5 Å². The molecule has 0 aliphatic heterocycles. The van der Waals surface area contributed by atoms with Crippen LogP contribution < -0.4 is 10.6 Å². The summed E-state index contributed by atoms with van der Waals surface area (Å²) in [5.41, 5.74) is 0. The Kier molecular flexibility index (Phi) is 6.65. The number of nitrogens with zero attached hydrogens (tertiary/aromatic N) is 2. The van der Waals surface area contributed by atoms with Crippen molar-refractivity contribution in [1.82, 2.24) is 20.4 Å². The van der Waals surface area contributed by atoms with Crippen LogP contribution in [0.25, 0.3) is 0 Å². The van der Waals surface area contributed by atoms with Gasteiger partial charge in [-0.25, -0.2) is 0 Å². The monoisotopic (exact) mass is 258 g/mol. The molecule has 2 N–H and O–H groups in total. The predicted octanol–water partition coefficient (Wildman–Crippen LogP) is 1.04. The molecule has 0 aliphatic carbocycles. The van der Waals surface area contributed by atoms with Crippen molar-refractivity contribution in [3.63, 3.8) is 0 Å². The van der Waals surface area contributed by atoms with E-state index >= 15 is 0 Å². The van der Waals surface area contributed by atoms with Crippen molar-refractivity contribution >= 4 is 17.5 Å². The maximum Gasteiger partial charge on any atom is 0.221 e. The Morgan fingerprint density at radius 2 is 2.29 bits per heavy atom. The van der Waals surface area contributed by atoms with Gasteiger partial charge in [0.05, 0.1) is 11.2 Å². The number of hydrogen-bond acceptors (Lipinski definition) is 3. The van der Waals surface area contributed by atoms with Crippen LogP contribution >= 0.6 is 11.6 Å². The molecule has 1 aromatic rings. The van der Waals surface area contributed by atoms with Gasteiger partial charge in [-0.3, -0.25) is 9.48 Å². The molecule has 1 rings (SSSR count). The van der Waals surface area contributed by atoms with Gasteiger partial charge in [0.1, 0.15) is 0 Å². The van der Waals surface area contributed by atoms with Crippen LogP contribution in [0, 0.1) is 0 Å². The molecular weight excluding hydrogens is 240 g/mol. The third-order valence-corrected chi connectivity index (χ3v) is 2.42. The van der Waals surface area contributed by atoms with E-state index in [-0.39, 0.29) is 5.91 Å². The fraction of sp³-hybridized carbons (Fsp3) is 0.636. The highest BCUT2D eigenvalue weighted by Crippen LogP contribution is 2.04. The molecule has 0 bridgehead atoms. The summed E-state index contributed by atoms with van der Waals surface area (Å²) >= 11 is 5.72. The Morgan fingerprint density at radius 3 is 2.94 bits per heavy atom. The van der Waals surface area contributed by atoms with E-state index in [2.05, 4.69) is 22.7 Å². The van der Waals surface area contributed by atoms with Gasteiger partial charge in [0, 0.05) is 32.3 Å². The Labute approximate surface area is 107 Å². The van der Waals surface area contributed by atoms with Crippen molar-refractivity contribution < 1.29 is 4.79 Å². The minimum Gasteiger partial charge on any atom is -0.355 e. The molecule has 0 radical (unpaired) electrons. The molecule has 0 fully saturated rings. The van der Waals surface area contributed by atoms with Gasteiger partial charge in [0.2, 0.25) is 5.91 Å². The lowest BCUT2D eigenvalue weighted by atomic mass is 10.4. The van der Waals surface area contributed by atoms with Crippen LogP contribution in [-0.4, -0.2) is 35.3 Å². The molecule has 0 aromatic carbocycles. The summed E-state index contributed by atoms with van der Waals surface area (Å²) < 4.78 is 1.66. The van der Waals surface area contributed by atoms with E-state index < -0.39 is 0 Å². The SMILES string of the molecule is CCCNCCNC(=O)CCn1cc(Cl)cn1. The molecule has 1 heterocycles. The molecule has 1 aromatic heterocycles. The lowest BCUT2D eigenvalue weighted by Crippen LogP contribution is -2.32. The van der Waals surface area contributed by atoms with E-state index in [0.29, 0.717) is 24.5 Å². The molecule has 0 atom stereocenters. The Balaban J connectivity index is 2.05. The maximum absolute atomic E-state index is 11.4. The highest BCUT2D eigenvalue weighted by Gasteiger charge is 2.02. The first kappa shape index (κ1) is 14.0. The summed E-state index contributed by atoms with van der Waals surface area (Å²) in [5, 5.41) is 10.7. The van der Waals surface area contributed by atoms with Gasteiger partial charge >= 0.3 is 0 Å². The van der Waals surface area contributed by atoms with E-state index in [1.807, 2.05) is 0 Å². The molecule has 1 amide bonds. The van der Waals surface area contributed by atoms with Gasteiger partial charge in [0.15, 0.2) is 0 Å². The van der Waals surface area contributed by atoms with Crippen molar-refractivity contribution in [3.8, 4) is 0 Å². The molecule has 0 unspecified atom stereocenters. The summed E-state index contributed by atoms with van der Waals surface area (Å²) in [5.74, 6) is 0.0370. The lowest BCUT2D eigenvalue weighted by molar-refractivity contribution is -0.121. The predicted molar refractivity (Wildman–Crippen MR) is 68.0 cm³/mol. The summed E-state index contributed by atoms with van der Waals surface area (Å²) in [4.78, 5) is 11.4. The van der Waals surface area contributed by atoms with Crippen molar-refractivity contribution in [2.24, 2.45) is 0 Å². The quantitative estimate of drug-likeness (QED) is 0.685. The number of rotatable bonds is 8. The van der Waals surface area contributed by atoms with E-state index in [4.69, 9.17) is 11.6 Å². The van der Waals surface area contributed by atoms with Crippen LogP contribution in [0.5, 0.6) is 0 Å². The normalized spacial score (nSPS) is 10.5. The number of hydrogen-bond donors (Lipinski definition) is 2. The number of aryl methyl sites for hydroxylation is 1. The molecule has 0 spiro atoms. The number of aromatic nitrogens is 2. The highest BCUT2D eigenvalue weighted by molar-refractivity contribution is 6.30. The fourth-order valence-corrected chi connectivity index (χ4v) is 1.51. The first-order chi connectivity index (χ1) is 8.22. The molecule has 0 aliphatic rings. The standard InChI is InChI=1S/C11H19ClN4O/c1-2-4-13-5-6-14-11(17)3-7-16-9-10(12)8-15-16/h8-9,13H,2-7H2,1H3,(H,14,17). The van der Waals surface area contributed by atoms with Crippen LogP contribution in [0.2, 0.25) is 5.02 Å². The molecule has 0 saturated carbocycles. The largest absolute Gasteiger partial charge is 0.355 e. The highest BCUT2D eigenvalue weighted by atomic mass is 35.5. The van der Waals surface area contributed by atoms with Crippen LogP contribution in [-0.2, 0) is 11.3 Å². The summed E-state index contributed by atoms with van der Waals surface area (Å²) in [6.07, 6.45) is 4.80. The second-order valence-corrected chi connectivity index (χ2v) is 4.21. The average molecular weight is 259 g/mol. The van der Waals surface area contributed by atoms with E-state index in [9.17, 15) is 4.79 Å². The van der Waals surface area contributed by atoms with Gasteiger partial charge in [-0.15, -0.1) is 0 Å². The first-order valence-corrected chi connectivity index (χ1v) is 6.25. The second-order valence-electron chi connectivity index (χ2n) is 3.77. The molecule has 6 heteroatoms. The smallest absolute Gasteiger partial charge is 0.221 e. The summed E-state index contributed by atoms with van der Waals surface area (Å²) in [6, 6.07) is 0. The minimum absolute atomic E-state index is 0.0370. The third kappa shape index (κ3) is 6.28. The molecule has 5 nitrogen and oxygen atoms in total. The average Bonchev–Trinajstić information content (AvgIpc) is 2.72. The van der Waals surface area contributed by atoms with E-state index in [0.717, 1.165) is 19.5 Å². The van der Waals surface area contributed by atoms with Crippen molar-refractivity contribution in [3.05, 3.63) is 17.4 Å². The van der Waals surface area contributed by atoms with Crippen LogP contribution in [0.1, 0.15) is 19.8 Å². The van der Waals surface area contributed by atoms with Gasteiger partial charge in [-0.05, 0) is 13.0 Å². The zero-order valence-electron chi connectivity index (χ0n) is 10.1. The maximum atomic E-state index is 11.4. The summed E-state index contributed by atoms with van der Waals surface area (Å²) in [6.45, 7) is 5.13. The van der Waals surface area contributed by atoms with Crippen LogP contribution in [0.3, 0.4) is 0 Å². The van der Waals surface area contributed by atoms with Crippen LogP contribution in [0.4, 0.5) is 0 Å². The number of amides is 1. The number of carbonyl (C=O) groups excluding carboxylic acids is 1. The third-order valence-electron chi connectivity index (χ3n) is 2.22. The van der Waals surface area contributed by atoms with Gasteiger partial charge < -0.3 is 10.6 Å². The number of halogens is 1. The summed E-state index contributed by atoms with van der Waals surface area (Å²) in [7, 11) is 0. The molecule has 96 valence electrons. The number of nitrogens with one attached hydrogen (secondary N) is 2. The molecule has 0 saturated heterocycles.